The third kappa shape index (κ3) is 4.93. The quantitative estimate of drug-likeness (QED) is 0.681. The average Bonchev–Trinajstić information content (AvgIpc) is 3.34. The van der Waals surface area contributed by atoms with E-state index in [0.717, 1.165) is 48.9 Å². The van der Waals surface area contributed by atoms with Gasteiger partial charge in [-0.1, -0.05) is 25.4 Å². The molecule has 1 saturated carbocycles. The minimum atomic E-state index is 0.230. The largest absolute Gasteiger partial charge is 0.462 e. The second-order valence-electron chi connectivity index (χ2n) is 9.31. The van der Waals surface area contributed by atoms with Gasteiger partial charge in [-0.05, 0) is 62.2 Å². The molecule has 0 bridgehead atoms. The Morgan fingerprint density at radius 3 is 2.72 bits per heavy atom. The number of likely N-dealkylation sites (tertiary alicyclic amines) is 1. The van der Waals surface area contributed by atoms with Crippen molar-refractivity contribution in [3.05, 3.63) is 41.2 Å². The van der Waals surface area contributed by atoms with Gasteiger partial charge in [0.15, 0.2) is 5.76 Å². The number of hydrogen-bond acceptors (Lipinski definition) is 6. The number of hydrogen-bond donors (Lipinski definition) is 1. The van der Waals surface area contributed by atoms with Crippen molar-refractivity contribution in [2.75, 3.05) is 20.2 Å². The summed E-state index contributed by atoms with van der Waals surface area (Å²) in [5, 5.41) is 8.03. The summed E-state index contributed by atoms with van der Waals surface area (Å²) in [6.07, 6.45) is 6.12. The summed E-state index contributed by atoms with van der Waals surface area (Å²) in [5.41, 5.74) is 1.33. The van der Waals surface area contributed by atoms with Gasteiger partial charge in [-0.15, -0.1) is 0 Å². The van der Waals surface area contributed by atoms with Crippen molar-refractivity contribution >= 4 is 0 Å². The van der Waals surface area contributed by atoms with Crippen LogP contribution in [0, 0.1) is 11.3 Å². The molecule has 6 nitrogen and oxygen atoms in total. The number of nitrogens with zero attached hydrogens (tertiary/aromatic N) is 2. The van der Waals surface area contributed by atoms with Crippen LogP contribution in [0.25, 0.3) is 0 Å². The van der Waals surface area contributed by atoms with Gasteiger partial charge in [-0.2, -0.15) is 0 Å². The van der Waals surface area contributed by atoms with Crippen LogP contribution in [0.5, 0.6) is 0 Å². The van der Waals surface area contributed by atoms with Crippen molar-refractivity contribution in [2.45, 2.75) is 71.7 Å². The third-order valence-electron chi connectivity index (χ3n) is 6.89. The van der Waals surface area contributed by atoms with E-state index in [0.29, 0.717) is 18.6 Å². The second-order valence-corrected chi connectivity index (χ2v) is 9.31. The predicted molar refractivity (Wildman–Crippen MR) is 111 cm³/mol. The Bertz CT molecular complexity index is 776. The molecule has 160 valence electrons. The van der Waals surface area contributed by atoms with E-state index in [1.165, 1.54) is 32.4 Å². The van der Waals surface area contributed by atoms with E-state index in [9.17, 15) is 0 Å². The normalized spacial score (nSPS) is 24.5. The second kappa shape index (κ2) is 9.02. The molecule has 1 saturated heterocycles. The highest BCUT2D eigenvalue weighted by Crippen LogP contribution is 2.47. The lowest BCUT2D eigenvalue weighted by Crippen LogP contribution is -2.57. The summed E-state index contributed by atoms with van der Waals surface area (Å²) < 4.78 is 16.5. The van der Waals surface area contributed by atoms with Crippen molar-refractivity contribution in [1.82, 2.24) is 15.4 Å². The zero-order valence-corrected chi connectivity index (χ0v) is 18.1. The van der Waals surface area contributed by atoms with E-state index in [1.807, 2.05) is 12.1 Å². The van der Waals surface area contributed by atoms with Gasteiger partial charge < -0.3 is 19.0 Å². The number of piperidine rings is 1. The molecule has 2 fully saturated rings. The SMILES string of the molecule is COCc1ccc(CN[C@H]2C[C@@H](Cc3cc(CN4CCCCC4)on3)C2(C)C)o1. The zero-order chi connectivity index (χ0) is 20.3. The van der Waals surface area contributed by atoms with Gasteiger partial charge in [-0.25, -0.2) is 0 Å². The van der Waals surface area contributed by atoms with Crippen LogP contribution in [0.15, 0.2) is 27.1 Å². The van der Waals surface area contributed by atoms with Gasteiger partial charge in [0.1, 0.15) is 18.1 Å². The number of furan rings is 1. The molecule has 0 radical (unpaired) electrons. The zero-order valence-electron chi connectivity index (χ0n) is 18.1. The Balaban J connectivity index is 1.24. The standard InChI is InChI=1S/C23H35N3O3/c1-23(2)17(12-22(23)24-14-19-7-8-20(28-19)16-27-3)11-18-13-21(29-25-18)15-26-9-5-4-6-10-26/h7-8,13,17,22,24H,4-6,9-12,14-16H2,1-3H3/t17-,22+/m1/s1. The van der Waals surface area contributed by atoms with Crippen molar-refractivity contribution in [2.24, 2.45) is 11.3 Å². The molecule has 29 heavy (non-hydrogen) atoms. The number of aromatic nitrogens is 1. The maximum absolute atomic E-state index is 5.78. The molecule has 1 N–H and O–H groups in total. The van der Waals surface area contributed by atoms with E-state index in [4.69, 9.17) is 13.7 Å². The van der Waals surface area contributed by atoms with Crippen LogP contribution in [0.4, 0.5) is 0 Å². The molecule has 6 heteroatoms. The van der Waals surface area contributed by atoms with E-state index < -0.39 is 0 Å². The summed E-state index contributed by atoms with van der Waals surface area (Å²) in [4.78, 5) is 2.48. The highest BCUT2D eigenvalue weighted by molar-refractivity contribution is 5.12. The van der Waals surface area contributed by atoms with Crippen LogP contribution in [0.1, 0.15) is 62.5 Å². The van der Waals surface area contributed by atoms with Gasteiger partial charge in [0, 0.05) is 19.2 Å². The number of methoxy groups -OCH3 is 1. The molecule has 1 aliphatic heterocycles. The van der Waals surface area contributed by atoms with Crippen molar-refractivity contribution in [1.29, 1.82) is 0 Å². The van der Waals surface area contributed by atoms with E-state index in [1.54, 1.807) is 7.11 Å². The molecule has 2 aliphatic rings. The minimum Gasteiger partial charge on any atom is -0.462 e. The summed E-state index contributed by atoms with van der Waals surface area (Å²) in [6, 6.07) is 6.68. The smallest absolute Gasteiger partial charge is 0.150 e. The van der Waals surface area contributed by atoms with E-state index >= 15 is 0 Å². The van der Waals surface area contributed by atoms with Crippen LogP contribution in [0.2, 0.25) is 0 Å². The van der Waals surface area contributed by atoms with Crippen molar-refractivity contribution in [3.8, 4) is 0 Å². The number of ether oxygens (including phenoxy) is 1. The summed E-state index contributed by atoms with van der Waals surface area (Å²) in [7, 11) is 1.68. The first-order chi connectivity index (χ1) is 14.0. The van der Waals surface area contributed by atoms with Crippen LogP contribution in [-0.2, 0) is 30.9 Å². The first-order valence-corrected chi connectivity index (χ1v) is 11.0. The van der Waals surface area contributed by atoms with E-state index in [-0.39, 0.29) is 5.41 Å². The van der Waals surface area contributed by atoms with Crippen LogP contribution >= 0.6 is 0 Å². The first kappa shape index (κ1) is 20.6. The van der Waals surface area contributed by atoms with Gasteiger partial charge in [0.2, 0.25) is 0 Å². The summed E-state index contributed by atoms with van der Waals surface area (Å²) in [6.45, 7) is 9.25. The lowest BCUT2D eigenvalue weighted by molar-refractivity contribution is 0.0114. The highest BCUT2D eigenvalue weighted by atomic mass is 16.5. The Hall–Kier alpha value is -1.63. The molecular formula is C23H35N3O3. The monoisotopic (exact) mass is 401 g/mol. The Morgan fingerprint density at radius 2 is 1.97 bits per heavy atom. The fourth-order valence-corrected chi connectivity index (χ4v) is 4.79. The molecule has 1 aliphatic carbocycles. The molecule has 2 atom stereocenters. The van der Waals surface area contributed by atoms with Gasteiger partial charge in [-0.3, -0.25) is 4.90 Å². The lowest BCUT2D eigenvalue weighted by atomic mass is 9.57. The first-order valence-electron chi connectivity index (χ1n) is 11.0. The fraction of sp³-hybridized carbons (Fsp3) is 0.696. The van der Waals surface area contributed by atoms with Crippen LogP contribution in [-0.4, -0.2) is 36.3 Å². The maximum atomic E-state index is 5.78. The summed E-state index contributed by atoms with van der Waals surface area (Å²) in [5.74, 6) is 3.48. The molecule has 0 aromatic carbocycles. The molecule has 0 amide bonds. The Kier molecular flexibility index (Phi) is 6.42. The number of rotatable bonds is 9. The Morgan fingerprint density at radius 1 is 1.17 bits per heavy atom. The molecule has 4 rings (SSSR count). The topological polar surface area (TPSA) is 63.7 Å². The molecule has 0 unspecified atom stereocenters. The Labute approximate surface area is 173 Å². The fourth-order valence-electron chi connectivity index (χ4n) is 4.79. The van der Waals surface area contributed by atoms with E-state index in [2.05, 4.69) is 35.3 Å². The van der Waals surface area contributed by atoms with Gasteiger partial charge in [0.05, 0.1) is 18.8 Å². The average molecular weight is 402 g/mol. The van der Waals surface area contributed by atoms with Crippen molar-refractivity contribution in [3.63, 3.8) is 0 Å². The minimum absolute atomic E-state index is 0.230. The van der Waals surface area contributed by atoms with Crippen molar-refractivity contribution < 1.29 is 13.7 Å². The lowest BCUT2D eigenvalue weighted by Gasteiger charge is -2.52. The maximum Gasteiger partial charge on any atom is 0.150 e. The van der Waals surface area contributed by atoms with Crippen LogP contribution in [0.3, 0.4) is 0 Å². The molecule has 2 aromatic heterocycles. The molecular weight excluding hydrogens is 366 g/mol. The third-order valence-corrected chi connectivity index (χ3v) is 6.89. The predicted octanol–water partition coefficient (Wildman–Crippen LogP) is 4.15. The van der Waals surface area contributed by atoms with Crippen LogP contribution < -0.4 is 5.32 Å². The molecule has 0 spiro atoms. The summed E-state index contributed by atoms with van der Waals surface area (Å²) >= 11 is 0. The van der Waals surface area contributed by atoms with Gasteiger partial charge >= 0.3 is 0 Å². The number of nitrogens with one attached hydrogen (secondary N) is 1. The van der Waals surface area contributed by atoms with Gasteiger partial charge in [0.25, 0.3) is 0 Å². The molecule has 3 heterocycles. The molecule has 2 aromatic rings. The highest BCUT2D eigenvalue weighted by Gasteiger charge is 2.47.